The summed E-state index contributed by atoms with van der Waals surface area (Å²) in [5.41, 5.74) is 2.50. The van der Waals surface area contributed by atoms with Crippen LogP contribution in [0.4, 0.5) is 0 Å². The lowest BCUT2D eigenvalue weighted by Gasteiger charge is -2.09. The Morgan fingerprint density at radius 2 is 2.07 bits per heavy atom. The Hall–Kier alpha value is -1.25. The minimum Gasteiger partial charge on any atom is -0.472 e. The van der Waals surface area contributed by atoms with Crippen molar-refractivity contribution in [1.82, 2.24) is 0 Å². The van der Waals surface area contributed by atoms with Crippen LogP contribution in [0.3, 0.4) is 0 Å². The summed E-state index contributed by atoms with van der Waals surface area (Å²) in [6.45, 7) is 1.93. The van der Waals surface area contributed by atoms with Gasteiger partial charge in [0.15, 0.2) is 0 Å². The van der Waals surface area contributed by atoms with E-state index in [1.54, 1.807) is 12.1 Å². The van der Waals surface area contributed by atoms with Gasteiger partial charge in [0.1, 0.15) is 6.10 Å². The molecule has 78 valence electrons. The Balaban J connectivity index is 2.34. The highest BCUT2D eigenvalue weighted by atomic mass is 35.5. The van der Waals surface area contributed by atoms with Gasteiger partial charge in [0.25, 0.3) is 0 Å². The SMILES string of the molecule is Cc1ccc(C(O)c2ccoc2)cc1Cl. The molecular weight excluding hydrogens is 212 g/mol. The normalized spacial score (nSPS) is 12.7. The summed E-state index contributed by atoms with van der Waals surface area (Å²) in [4.78, 5) is 0. The van der Waals surface area contributed by atoms with Crippen LogP contribution >= 0.6 is 11.6 Å². The van der Waals surface area contributed by atoms with E-state index in [4.69, 9.17) is 16.0 Å². The molecule has 0 aliphatic carbocycles. The predicted octanol–water partition coefficient (Wildman–Crippen LogP) is 3.32. The fourth-order valence-corrected chi connectivity index (χ4v) is 1.59. The summed E-state index contributed by atoms with van der Waals surface area (Å²) in [6.07, 6.45) is 2.38. The van der Waals surface area contributed by atoms with E-state index < -0.39 is 6.10 Å². The van der Waals surface area contributed by atoms with Crippen molar-refractivity contribution in [2.45, 2.75) is 13.0 Å². The minimum absolute atomic E-state index is 0.662. The maximum absolute atomic E-state index is 9.98. The molecule has 1 aromatic heterocycles. The molecule has 1 aromatic carbocycles. The second-order valence-corrected chi connectivity index (χ2v) is 3.88. The average Bonchev–Trinajstić information content (AvgIpc) is 2.74. The molecule has 1 atom stereocenters. The summed E-state index contributed by atoms with van der Waals surface area (Å²) in [5.74, 6) is 0. The molecular formula is C12H11ClO2. The van der Waals surface area contributed by atoms with E-state index in [2.05, 4.69) is 0 Å². The molecule has 2 aromatic rings. The zero-order valence-electron chi connectivity index (χ0n) is 8.27. The van der Waals surface area contributed by atoms with E-state index >= 15 is 0 Å². The van der Waals surface area contributed by atoms with E-state index in [9.17, 15) is 5.11 Å². The second kappa shape index (κ2) is 4.09. The van der Waals surface area contributed by atoms with Crippen molar-refractivity contribution in [3.8, 4) is 0 Å². The first-order valence-corrected chi connectivity index (χ1v) is 5.02. The number of halogens is 1. The number of rotatable bonds is 2. The van der Waals surface area contributed by atoms with Crippen molar-refractivity contribution in [2.24, 2.45) is 0 Å². The van der Waals surface area contributed by atoms with E-state index in [0.29, 0.717) is 5.02 Å². The number of aliphatic hydroxyl groups excluding tert-OH is 1. The maximum atomic E-state index is 9.98. The van der Waals surface area contributed by atoms with Gasteiger partial charge in [-0.1, -0.05) is 23.7 Å². The zero-order valence-corrected chi connectivity index (χ0v) is 9.03. The van der Waals surface area contributed by atoms with Gasteiger partial charge in [-0.3, -0.25) is 0 Å². The Morgan fingerprint density at radius 1 is 1.27 bits per heavy atom. The lowest BCUT2D eigenvalue weighted by molar-refractivity contribution is 0.219. The van der Waals surface area contributed by atoms with Gasteiger partial charge in [-0.15, -0.1) is 0 Å². The third-order valence-corrected chi connectivity index (χ3v) is 2.78. The summed E-state index contributed by atoms with van der Waals surface area (Å²) in [7, 11) is 0. The first-order valence-electron chi connectivity index (χ1n) is 4.64. The van der Waals surface area contributed by atoms with E-state index in [0.717, 1.165) is 16.7 Å². The number of aliphatic hydroxyl groups is 1. The predicted molar refractivity (Wildman–Crippen MR) is 59.0 cm³/mol. The van der Waals surface area contributed by atoms with Crippen molar-refractivity contribution in [3.63, 3.8) is 0 Å². The molecule has 2 nitrogen and oxygen atoms in total. The molecule has 0 radical (unpaired) electrons. The number of benzene rings is 1. The Labute approximate surface area is 93.1 Å². The molecule has 0 saturated heterocycles. The van der Waals surface area contributed by atoms with Crippen LogP contribution in [-0.2, 0) is 0 Å². The number of hydrogen-bond donors (Lipinski definition) is 1. The molecule has 1 heterocycles. The number of aryl methyl sites for hydroxylation is 1. The van der Waals surface area contributed by atoms with Crippen LogP contribution in [0.15, 0.2) is 41.2 Å². The summed E-state index contributed by atoms with van der Waals surface area (Å²) < 4.78 is 4.92. The van der Waals surface area contributed by atoms with Gasteiger partial charge >= 0.3 is 0 Å². The van der Waals surface area contributed by atoms with E-state index in [1.807, 2.05) is 19.1 Å². The van der Waals surface area contributed by atoms with Gasteiger partial charge in [0, 0.05) is 10.6 Å². The van der Waals surface area contributed by atoms with Crippen molar-refractivity contribution < 1.29 is 9.52 Å². The number of hydrogen-bond acceptors (Lipinski definition) is 2. The monoisotopic (exact) mass is 222 g/mol. The van der Waals surface area contributed by atoms with Gasteiger partial charge in [-0.05, 0) is 30.2 Å². The van der Waals surface area contributed by atoms with Gasteiger partial charge in [-0.25, -0.2) is 0 Å². The zero-order chi connectivity index (χ0) is 10.8. The van der Waals surface area contributed by atoms with Crippen molar-refractivity contribution in [3.05, 3.63) is 58.5 Å². The molecule has 0 fully saturated rings. The lowest BCUT2D eigenvalue weighted by atomic mass is 10.0. The molecule has 0 amide bonds. The van der Waals surface area contributed by atoms with E-state index in [1.165, 1.54) is 12.5 Å². The quantitative estimate of drug-likeness (QED) is 0.846. The molecule has 1 unspecified atom stereocenters. The van der Waals surface area contributed by atoms with Crippen LogP contribution in [0, 0.1) is 6.92 Å². The number of furan rings is 1. The molecule has 3 heteroatoms. The first-order chi connectivity index (χ1) is 7.18. The average molecular weight is 223 g/mol. The minimum atomic E-state index is -0.679. The smallest absolute Gasteiger partial charge is 0.107 e. The highest BCUT2D eigenvalue weighted by Crippen LogP contribution is 2.26. The largest absolute Gasteiger partial charge is 0.472 e. The van der Waals surface area contributed by atoms with Crippen molar-refractivity contribution in [2.75, 3.05) is 0 Å². The molecule has 1 N–H and O–H groups in total. The molecule has 0 spiro atoms. The Bertz CT molecular complexity index is 449. The van der Waals surface area contributed by atoms with Crippen LogP contribution in [0.5, 0.6) is 0 Å². The third kappa shape index (κ3) is 2.06. The highest BCUT2D eigenvalue weighted by molar-refractivity contribution is 6.31. The van der Waals surface area contributed by atoms with Gasteiger partial charge in [-0.2, -0.15) is 0 Å². The third-order valence-electron chi connectivity index (χ3n) is 2.37. The van der Waals surface area contributed by atoms with Gasteiger partial charge < -0.3 is 9.52 Å². The summed E-state index contributed by atoms with van der Waals surface area (Å²) >= 11 is 5.98. The Morgan fingerprint density at radius 3 is 2.67 bits per heavy atom. The van der Waals surface area contributed by atoms with Gasteiger partial charge in [0.2, 0.25) is 0 Å². The maximum Gasteiger partial charge on any atom is 0.107 e. The van der Waals surface area contributed by atoms with Crippen molar-refractivity contribution >= 4 is 11.6 Å². The van der Waals surface area contributed by atoms with Crippen LogP contribution in [0.1, 0.15) is 22.8 Å². The fourth-order valence-electron chi connectivity index (χ4n) is 1.40. The summed E-state index contributed by atoms with van der Waals surface area (Å²) in [5, 5.41) is 10.6. The molecule has 2 rings (SSSR count). The van der Waals surface area contributed by atoms with E-state index in [-0.39, 0.29) is 0 Å². The van der Waals surface area contributed by atoms with Crippen LogP contribution < -0.4 is 0 Å². The van der Waals surface area contributed by atoms with Gasteiger partial charge in [0.05, 0.1) is 12.5 Å². The topological polar surface area (TPSA) is 33.4 Å². The van der Waals surface area contributed by atoms with Crippen LogP contribution in [0.25, 0.3) is 0 Å². The standard InChI is InChI=1S/C12H11ClO2/c1-8-2-3-9(6-11(8)13)12(14)10-4-5-15-7-10/h2-7,12,14H,1H3. The second-order valence-electron chi connectivity index (χ2n) is 3.47. The molecule has 0 aliphatic heterocycles. The molecule has 0 aliphatic rings. The fraction of sp³-hybridized carbons (Fsp3) is 0.167. The highest BCUT2D eigenvalue weighted by Gasteiger charge is 2.12. The van der Waals surface area contributed by atoms with Crippen LogP contribution in [0.2, 0.25) is 5.02 Å². The first kappa shape index (κ1) is 10.3. The molecule has 0 bridgehead atoms. The lowest BCUT2D eigenvalue weighted by Crippen LogP contribution is -1.98. The van der Waals surface area contributed by atoms with Crippen LogP contribution in [-0.4, -0.2) is 5.11 Å². The molecule has 15 heavy (non-hydrogen) atoms. The summed E-state index contributed by atoms with van der Waals surface area (Å²) in [6, 6.07) is 7.26. The van der Waals surface area contributed by atoms with Crippen molar-refractivity contribution in [1.29, 1.82) is 0 Å². The molecule has 0 saturated carbocycles. The Kier molecular flexibility index (Phi) is 2.80.